The minimum absolute atomic E-state index is 0. The third-order valence-electron chi connectivity index (χ3n) is 3.23. The van der Waals surface area contributed by atoms with Gasteiger partial charge in [0.15, 0.2) is 0 Å². The molecule has 0 rings (SSSR count). The molecule has 0 aromatic heterocycles. The second-order valence-corrected chi connectivity index (χ2v) is 5.56. The first-order chi connectivity index (χ1) is 12.5. The molecule has 0 unspecified atom stereocenters. The Hall–Kier alpha value is 0.217. The first-order valence-corrected chi connectivity index (χ1v) is 7.66. The maximum absolute atomic E-state index is 10.8. The average molecular weight is 423 g/mol. The number of carbonyl (C=O) groups excluding carboxylic acids is 5. The molecule has 0 aromatic rings. The van der Waals surface area contributed by atoms with E-state index in [0.717, 1.165) is 9.80 Å². The summed E-state index contributed by atoms with van der Waals surface area (Å²) in [6.07, 6.45) is 0. The molecule has 0 amide bonds. The van der Waals surface area contributed by atoms with Crippen LogP contribution in [-0.4, -0.2) is 103 Å². The molecule has 0 spiro atoms. The van der Waals surface area contributed by atoms with E-state index in [1.54, 1.807) is 0 Å². The van der Waals surface area contributed by atoms with Crippen LogP contribution < -0.4 is 120 Å². The van der Waals surface area contributed by atoms with E-state index >= 15 is 0 Å². The number of nitrogens with zero attached hydrogens (tertiary/aromatic N) is 3. The van der Waals surface area contributed by atoms with Crippen LogP contribution in [0, 0.1) is 0 Å². The Morgan fingerprint density at radius 2 is 0.531 bits per heavy atom. The summed E-state index contributed by atoms with van der Waals surface area (Å²) in [6, 6.07) is 0. The monoisotopic (exact) mass is 423 g/mol. The largest absolute Gasteiger partial charge is 1.00 e. The molecule has 0 aliphatic carbocycles. The van der Waals surface area contributed by atoms with Crippen molar-refractivity contribution in [3.05, 3.63) is 0 Å². The maximum Gasteiger partial charge on any atom is 1.00 e. The van der Waals surface area contributed by atoms with Crippen molar-refractivity contribution >= 4 is 29.8 Å². The summed E-state index contributed by atoms with van der Waals surface area (Å²) in [6.45, 7) is -4.16. The Labute approximate surface area is 245 Å². The van der Waals surface area contributed by atoms with E-state index in [4.69, 9.17) is 0 Å². The van der Waals surface area contributed by atoms with Crippen molar-refractivity contribution in [2.75, 3.05) is 58.9 Å². The average Bonchev–Trinajstić information content (AvgIpc) is 2.46. The van der Waals surface area contributed by atoms with Gasteiger partial charge in [0.1, 0.15) is 0 Å². The van der Waals surface area contributed by atoms with Gasteiger partial charge in [0.25, 0.3) is 0 Å². The van der Waals surface area contributed by atoms with Crippen molar-refractivity contribution in [3.63, 3.8) is 0 Å². The van der Waals surface area contributed by atoms with Crippen molar-refractivity contribution in [1.29, 1.82) is 0 Å². The zero-order valence-electron chi connectivity index (χ0n) is 19.3. The van der Waals surface area contributed by atoms with Gasteiger partial charge in [-0.25, -0.2) is 0 Å². The van der Waals surface area contributed by atoms with Gasteiger partial charge in [-0.3, -0.25) is 14.7 Å². The molecule has 0 saturated carbocycles. The van der Waals surface area contributed by atoms with Crippen LogP contribution in [0.3, 0.4) is 0 Å². The number of carboxylic acids is 5. The molecule has 0 aliphatic rings. The van der Waals surface area contributed by atoms with E-state index in [-0.39, 0.29) is 120 Å². The van der Waals surface area contributed by atoms with Gasteiger partial charge in [0, 0.05) is 58.9 Å². The van der Waals surface area contributed by atoms with Gasteiger partial charge >= 0.3 is 94.3 Å². The van der Waals surface area contributed by atoms with Gasteiger partial charge in [-0.05, 0) is 0 Å². The molecular weight excluding hydrogens is 405 g/mol. The van der Waals surface area contributed by atoms with Crippen LogP contribution in [0.4, 0.5) is 0 Å². The molecule has 0 N–H and O–H groups in total. The minimum Gasteiger partial charge on any atom is -0.549 e. The molecule has 0 heterocycles. The fraction of sp³-hybridized carbons (Fsp3) is 0.643. The molecular formula is C14H18Li5N3O10. The Kier molecular flexibility index (Phi) is 36.9. The van der Waals surface area contributed by atoms with E-state index in [0.29, 0.717) is 0 Å². The first-order valence-electron chi connectivity index (χ1n) is 7.66. The molecule has 154 valence electrons. The fourth-order valence-corrected chi connectivity index (χ4v) is 2.18. The standard InChI is InChI=1S/C14H23N3O10.5Li/c18-10(19)5-15(1-3-16(6-11(20)21)7-12(22)23)2-4-17(8-13(24)25)9-14(26)27;;;;;/h1-9H2,(H,18,19)(H,20,21)(H,22,23)(H,24,25)(H,26,27);;;;;/q;5*+1/p-5. The smallest absolute Gasteiger partial charge is 0.549 e. The van der Waals surface area contributed by atoms with E-state index < -0.39 is 62.6 Å². The topological polar surface area (TPSA) is 210 Å². The second-order valence-electron chi connectivity index (χ2n) is 5.56. The molecule has 0 saturated heterocycles. The molecule has 0 aromatic carbocycles. The van der Waals surface area contributed by atoms with Crippen molar-refractivity contribution in [1.82, 2.24) is 14.7 Å². The molecule has 32 heavy (non-hydrogen) atoms. The quantitative estimate of drug-likeness (QED) is 0.211. The Bertz CT molecular complexity index is 501. The van der Waals surface area contributed by atoms with Crippen LogP contribution in [0.1, 0.15) is 0 Å². The zero-order chi connectivity index (χ0) is 21.0. The molecule has 0 fully saturated rings. The molecule has 13 nitrogen and oxygen atoms in total. The predicted octanol–water partition coefficient (Wildman–Crippen LogP) is -24.3. The van der Waals surface area contributed by atoms with Crippen LogP contribution in [0.15, 0.2) is 0 Å². The molecule has 0 atom stereocenters. The summed E-state index contributed by atoms with van der Waals surface area (Å²) >= 11 is 0. The van der Waals surface area contributed by atoms with Gasteiger partial charge in [0.05, 0.1) is 29.8 Å². The number of hydrogen-bond acceptors (Lipinski definition) is 13. The van der Waals surface area contributed by atoms with Gasteiger partial charge in [-0.1, -0.05) is 0 Å². The molecule has 0 bridgehead atoms. The van der Waals surface area contributed by atoms with Crippen LogP contribution in [-0.2, 0) is 24.0 Å². The van der Waals surface area contributed by atoms with Crippen molar-refractivity contribution in [2.45, 2.75) is 0 Å². The van der Waals surface area contributed by atoms with Crippen molar-refractivity contribution in [2.24, 2.45) is 0 Å². The predicted molar refractivity (Wildman–Crippen MR) is 74.4 cm³/mol. The van der Waals surface area contributed by atoms with Crippen molar-refractivity contribution < 1.29 is 144 Å². The number of aliphatic carboxylic acids is 5. The van der Waals surface area contributed by atoms with Gasteiger partial charge < -0.3 is 49.5 Å². The summed E-state index contributed by atoms with van der Waals surface area (Å²) in [5.41, 5.74) is 0. The first kappa shape index (κ1) is 45.7. The van der Waals surface area contributed by atoms with Crippen LogP contribution in [0.25, 0.3) is 0 Å². The zero-order valence-corrected chi connectivity index (χ0v) is 19.3. The van der Waals surface area contributed by atoms with Crippen LogP contribution in [0.2, 0.25) is 0 Å². The van der Waals surface area contributed by atoms with Crippen LogP contribution in [0.5, 0.6) is 0 Å². The Morgan fingerprint density at radius 1 is 0.375 bits per heavy atom. The van der Waals surface area contributed by atoms with Gasteiger partial charge in [-0.2, -0.15) is 0 Å². The van der Waals surface area contributed by atoms with Gasteiger partial charge in [-0.15, -0.1) is 0 Å². The third kappa shape index (κ3) is 28.3. The molecule has 0 aliphatic heterocycles. The summed E-state index contributed by atoms with van der Waals surface area (Å²) in [5, 5.41) is 53.3. The normalized spacial score (nSPS) is 9.34. The fourth-order valence-electron chi connectivity index (χ4n) is 2.18. The van der Waals surface area contributed by atoms with Crippen LogP contribution >= 0.6 is 0 Å². The van der Waals surface area contributed by atoms with Gasteiger partial charge in [0.2, 0.25) is 0 Å². The van der Waals surface area contributed by atoms with E-state index in [9.17, 15) is 49.5 Å². The Morgan fingerprint density at radius 3 is 0.719 bits per heavy atom. The number of carboxylic acid groups (broad SMARTS) is 5. The van der Waals surface area contributed by atoms with E-state index in [2.05, 4.69) is 0 Å². The number of carbonyl (C=O) groups is 5. The maximum atomic E-state index is 10.8. The van der Waals surface area contributed by atoms with E-state index in [1.807, 2.05) is 0 Å². The van der Waals surface area contributed by atoms with Crippen molar-refractivity contribution in [3.8, 4) is 0 Å². The Balaban J connectivity index is -0.000000338. The minimum atomic E-state index is -1.54. The SMILES string of the molecule is O=C([O-])CN(CCN(CC(=O)[O-])CC(=O)[O-])CCN(CC(=O)[O-])CC(=O)[O-].[Li+].[Li+].[Li+].[Li+].[Li+]. The number of hydrogen-bond donors (Lipinski definition) is 0. The summed E-state index contributed by atoms with van der Waals surface area (Å²) < 4.78 is 0. The molecule has 0 radical (unpaired) electrons. The molecule has 18 heteroatoms. The summed E-state index contributed by atoms with van der Waals surface area (Å²) in [4.78, 5) is 56.4. The third-order valence-corrected chi connectivity index (χ3v) is 3.23. The van der Waals surface area contributed by atoms with E-state index in [1.165, 1.54) is 4.90 Å². The summed E-state index contributed by atoms with van der Waals surface area (Å²) in [7, 11) is 0. The second kappa shape index (κ2) is 25.8. The summed E-state index contributed by atoms with van der Waals surface area (Å²) in [5.74, 6) is -7.67. The number of rotatable bonds is 16.